The van der Waals surface area contributed by atoms with Gasteiger partial charge in [-0.2, -0.15) is 18.3 Å². The van der Waals surface area contributed by atoms with Gasteiger partial charge in [0.05, 0.1) is 16.3 Å². The van der Waals surface area contributed by atoms with Crippen molar-refractivity contribution in [1.82, 2.24) is 25.1 Å². The number of nitrogens with one attached hydrogen (secondary N) is 2. The number of hydrogen-bond acceptors (Lipinski definition) is 3. The van der Waals surface area contributed by atoms with Crippen LogP contribution in [0.1, 0.15) is 30.1 Å². The van der Waals surface area contributed by atoms with Crippen LogP contribution in [0.25, 0.3) is 0 Å². The van der Waals surface area contributed by atoms with Crippen molar-refractivity contribution in [2.75, 3.05) is 0 Å². The van der Waals surface area contributed by atoms with E-state index in [4.69, 9.17) is 11.6 Å². The summed E-state index contributed by atoms with van der Waals surface area (Å²) in [6.07, 6.45) is 0.0104. The van der Waals surface area contributed by atoms with Crippen molar-refractivity contribution in [2.45, 2.75) is 38.0 Å². The molecule has 0 atom stereocenters. The maximum atomic E-state index is 12.8. The fourth-order valence-corrected chi connectivity index (χ4v) is 2.62. The molecule has 2 aromatic rings. The number of nitrogens with zero attached hydrogens (tertiary/aromatic N) is 3. The lowest BCUT2D eigenvalue weighted by atomic mass is 10.2. The number of carbonyl (C=O) groups excluding carboxylic acids is 1. The van der Waals surface area contributed by atoms with E-state index in [1.54, 1.807) is 12.4 Å². The van der Waals surface area contributed by atoms with E-state index in [-0.39, 0.29) is 12.2 Å². The Morgan fingerprint density at radius 2 is 2.22 bits per heavy atom. The summed E-state index contributed by atoms with van der Waals surface area (Å²) in [4.78, 5) is 19.2. The highest BCUT2D eigenvalue weighted by molar-refractivity contribution is 6.32. The van der Waals surface area contributed by atoms with Gasteiger partial charge in [0.2, 0.25) is 5.91 Å². The maximum Gasteiger partial charge on any atom is 0.436 e. The molecule has 2 N–H and O–H groups in total. The molecule has 1 aliphatic carbocycles. The number of alkyl halides is 3. The fourth-order valence-electron chi connectivity index (χ4n) is 2.37. The lowest BCUT2D eigenvalue weighted by Gasteiger charge is -2.15. The van der Waals surface area contributed by atoms with Gasteiger partial charge in [-0.3, -0.25) is 9.48 Å². The molecule has 0 saturated heterocycles. The van der Waals surface area contributed by atoms with E-state index in [0.29, 0.717) is 5.82 Å². The Bertz CT molecular complexity index is 734. The third-order valence-electron chi connectivity index (χ3n) is 3.78. The molecule has 10 heteroatoms. The molecule has 6 nitrogen and oxygen atoms in total. The van der Waals surface area contributed by atoms with Crippen molar-refractivity contribution in [1.29, 1.82) is 0 Å². The molecule has 1 aliphatic rings. The minimum Gasteiger partial charge on any atom is -0.347 e. The fraction of sp³-hybridized carbons (Fsp3) is 0.462. The van der Waals surface area contributed by atoms with E-state index < -0.39 is 28.3 Å². The Kier molecular flexibility index (Phi) is 3.62. The van der Waals surface area contributed by atoms with Crippen molar-refractivity contribution in [3.63, 3.8) is 0 Å². The summed E-state index contributed by atoms with van der Waals surface area (Å²) in [5.41, 5.74) is -1.65. The Balaban J connectivity index is 1.74. The van der Waals surface area contributed by atoms with Crippen LogP contribution in [-0.4, -0.2) is 25.7 Å². The Labute approximate surface area is 134 Å². The van der Waals surface area contributed by atoms with Gasteiger partial charge >= 0.3 is 6.18 Å². The normalized spacial score (nSPS) is 16.4. The Hall–Kier alpha value is -2.03. The first-order chi connectivity index (χ1) is 10.7. The van der Waals surface area contributed by atoms with Crippen LogP contribution < -0.4 is 5.32 Å². The number of hydrogen-bond donors (Lipinski definition) is 2. The molecule has 2 aromatic heterocycles. The van der Waals surface area contributed by atoms with E-state index in [9.17, 15) is 18.0 Å². The molecule has 23 heavy (non-hydrogen) atoms. The second-order valence-electron chi connectivity index (χ2n) is 5.47. The van der Waals surface area contributed by atoms with Gasteiger partial charge in [-0.05, 0) is 19.8 Å². The molecule has 0 radical (unpaired) electrons. The molecular weight excluding hydrogens is 335 g/mol. The maximum absolute atomic E-state index is 12.8. The summed E-state index contributed by atoms with van der Waals surface area (Å²) in [6.45, 7) is 1.04. The number of aromatic amines is 1. The molecule has 0 bridgehead atoms. The van der Waals surface area contributed by atoms with Crippen LogP contribution in [-0.2, 0) is 23.1 Å². The number of H-pyrrole nitrogens is 1. The molecule has 2 heterocycles. The van der Waals surface area contributed by atoms with Crippen LogP contribution in [0.3, 0.4) is 0 Å². The zero-order chi connectivity index (χ0) is 16.8. The van der Waals surface area contributed by atoms with Gasteiger partial charge in [0.1, 0.15) is 12.4 Å². The average molecular weight is 348 g/mol. The first kappa shape index (κ1) is 15.9. The quantitative estimate of drug-likeness (QED) is 0.891. The average Bonchev–Trinajstić information content (AvgIpc) is 2.91. The summed E-state index contributed by atoms with van der Waals surface area (Å²) >= 11 is 5.66. The van der Waals surface area contributed by atoms with Crippen LogP contribution in [0.2, 0.25) is 5.02 Å². The third kappa shape index (κ3) is 2.92. The number of imidazole rings is 1. The Morgan fingerprint density at radius 3 is 2.70 bits per heavy atom. The lowest BCUT2D eigenvalue weighted by Crippen LogP contribution is -2.38. The number of rotatable bonds is 4. The van der Waals surface area contributed by atoms with Gasteiger partial charge in [-0.1, -0.05) is 11.6 Å². The van der Waals surface area contributed by atoms with Crippen LogP contribution in [0.4, 0.5) is 13.2 Å². The number of carbonyl (C=O) groups is 1. The second-order valence-corrected chi connectivity index (χ2v) is 5.85. The summed E-state index contributed by atoms with van der Waals surface area (Å²) in [7, 11) is 0. The summed E-state index contributed by atoms with van der Waals surface area (Å²) in [5.74, 6) is 0.187. The molecule has 0 aromatic carbocycles. The zero-order valence-corrected chi connectivity index (χ0v) is 12.8. The minimum absolute atomic E-state index is 0.0944. The highest BCUT2D eigenvalue weighted by Gasteiger charge is 2.48. The molecule has 0 unspecified atom stereocenters. The van der Waals surface area contributed by atoms with E-state index in [1.807, 2.05) is 0 Å². The molecule has 3 rings (SSSR count). The predicted octanol–water partition coefficient (Wildman–Crippen LogP) is 2.39. The van der Waals surface area contributed by atoms with E-state index in [2.05, 4.69) is 20.4 Å². The van der Waals surface area contributed by atoms with Crippen LogP contribution >= 0.6 is 11.6 Å². The van der Waals surface area contributed by atoms with E-state index in [1.165, 1.54) is 6.92 Å². The van der Waals surface area contributed by atoms with Crippen LogP contribution in [0.5, 0.6) is 0 Å². The highest BCUT2D eigenvalue weighted by Crippen LogP contribution is 2.43. The van der Waals surface area contributed by atoms with Gasteiger partial charge in [-0.15, -0.1) is 0 Å². The SMILES string of the molecule is Cc1c(Cl)c(C(F)(F)F)nn1CC(=O)NC1(c2ncc[nH]2)CC1. The molecule has 124 valence electrons. The number of aromatic nitrogens is 4. The topological polar surface area (TPSA) is 75.6 Å². The first-order valence-electron chi connectivity index (χ1n) is 6.84. The van der Waals surface area contributed by atoms with Crippen molar-refractivity contribution in [3.05, 3.63) is 34.6 Å². The smallest absolute Gasteiger partial charge is 0.347 e. The van der Waals surface area contributed by atoms with Crippen molar-refractivity contribution in [2.24, 2.45) is 0 Å². The third-order valence-corrected chi connectivity index (χ3v) is 4.23. The minimum atomic E-state index is -4.66. The van der Waals surface area contributed by atoms with Crippen molar-refractivity contribution in [3.8, 4) is 0 Å². The summed E-state index contributed by atoms with van der Waals surface area (Å²) in [6, 6.07) is 0. The van der Waals surface area contributed by atoms with Gasteiger partial charge in [0.25, 0.3) is 0 Å². The zero-order valence-electron chi connectivity index (χ0n) is 12.0. The molecule has 1 fully saturated rings. The van der Waals surface area contributed by atoms with Crippen LogP contribution in [0.15, 0.2) is 12.4 Å². The predicted molar refractivity (Wildman–Crippen MR) is 74.6 cm³/mol. The monoisotopic (exact) mass is 347 g/mol. The number of halogens is 4. The van der Waals surface area contributed by atoms with Gasteiger partial charge in [0.15, 0.2) is 5.69 Å². The van der Waals surface area contributed by atoms with Crippen molar-refractivity contribution >= 4 is 17.5 Å². The molecule has 0 aliphatic heterocycles. The lowest BCUT2D eigenvalue weighted by molar-refractivity contribution is -0.141. The van der Waals surface area contributed by atoms with Gasteiger partial charge in [0, 0.05) is 12.4 Å². The number of amides is 1. The molecule has 0 spiro atoms. The van der Waals surface area contributed by atoms with E-state index in [0.717, 1.165) is 17.5 Å². The molecular formula is C13H13ClF3N5O. The Morgan fingerprint density at radius 1 is 1.52 bits per heavy atom. The van der Waals surface area contributed by atoms with Crippen molar-refractivity contribution < 1.29 is 18.0 Å². The highest BCUT2D eigenvalue weighted by atomic mass is 35.5. The standard InChI is InChI=1S/C13H13ClF3N5O/c1-7-9(14)10(13(15,16)17)21-22(7)6-8(23)20-12(2-3-12)11-18-4-5-19-11/h4-5H,2-3,6H2,1H3,(H,18,19)(H,20,23). The summed E-state index contributed by atoms with van der Waals surface area (Å²) in [5, 5.41) is 5.72. The largest absolute Gasteiger partial charge is 0.436 e. The van der Waals surface area contributed by atoms with E-state index >= 15 is 0 Å². The van der Waals surface area contributed by atoms with Gasteiger partial charge in [-0.25, -0.2) is 4.98 Å². The first-order valence-corrected chi connectivity index (χ1v) is 7.22. The van der Waals surface area contributed by atoms with Crippen LogP contribution in [0, 0.1) is 6.92 Å². The van der Waals surface area contributed by atoms with Gasteiger partial charge < -0.3 is 10.3 Å². The second kappa shape index (κ2) is 5.26. The summed E-state index contributed by atoms with van der Waals surface area (Å²) < 4.78 is 39.3. The molecule has 1 amide bonds. The molecule has 1 saturated carbocycles.